The van der Waals surface area contributed by atoms with Gasteiger partial charge in [-0.3, -0.25) is 9.59 Å². The van der Waals surface area contributed by atoms with E-state index in [-0.39, 0.29) is 29.9 Å². The molecule has 1 fully saturated rings. The van der Waals surface area contributed by atoms with Crippen molar-refractivity contribution in [1.29, 1.82) is 0 Å². The molecule has 2 aromatic carbocycles. The van der Waals surface area contributed by atoms with Gasteiger partial charge in [0.15, 0.2) is 0 Å². The zero-order valence-electron chi connectivity index (χ0n) is 15.5. The van der Waals surface area contributed by atoms with Crippen LogP contribution in [0.25, 0.3) is 0 Å². The Kier molecular flexibility index (Phi) is 6.57. The summed E-state index contributed by atoms with van der Waals surface area (Å²) in [5.41, 5.74) is 1.84. The largest absolute Gasteiger partial charge is 0.368 e. The molecular weight excluding hydrogens is 364 g/mol. The predicted octanol–water partition coefficient (Wildman–Crippen LogP) is 2.36. The van der Waals surface area contributed by atoms with Crippen molar-refractivity contribution >= 4 is 17.5 Å². The number of rotatable bonds is 6. The number of anilines is 1. The summed E-state index contributed by atoms with van der Waals surface area (Å²) in [4.78, 5) is 28.1. The maximum Gasteiger partial charge on any atom is 0.232 e. The van der Waals surface area contributed by atoms with Crippen LogP contribution in [0.2, 0.25) is 0 Å². The molecular formula is C21H23F2N3O2. The Labute approximate surface area is 162 Å². The summed E-state index contributed by atoms with van der Waals surface area (Å²) in [5.74, 6) is -1.08. The molecule has 0 aliphatic carbocycles. The lowest BCUT2D eigenvalue weighted by molar-refractivity contribution is -0.136. The average Bonchev–Trinajstić information content (AvgIpc) is 2.70. The molecule has 0 spiro atoms. The fraction of sp³-hybridized carbons (Fsp3) is 0.333. The number of benzene rings is 2. The smallest absolute Gasteiger partial charge is 0.232 e. The second-order valence-corrected chi connectivity index (χ2v) is 6.75. The van der Waals surface area contributed by atoms with E-state index in [0.29, 0.717) is 39.1 Å². The second-order valence-electron chi connectivity index (χ2n) is 6.75. The standard InChI is InChI=1S/C21H23F2N3O2/c22-17-3-1-16(2-4-17)9-10-24-20(27)15-21(28)26-13-11-25(12-14-26)19-7-5-18(23)6-8-19/h1-8H,9-15H2,(H,24,27). The van der Waals surface area contributed by atoms with Gasteiger partial charge in [0.2, 0.25) is 11.8 Å². The minimum Gasteiger partial charge on any atom is -0.368 e. The fourth-order valence-corrected chi connectivity index (χ4v) is 3.17. The topological polar surface area (TPSA) is 52.7 Å². The van der Waals surface area contributed by atoms with E-state index < -0.39 is 0 Å². The quantitative estimate of drug-likeness (QED) is 0.775. The van der Waals surface area contributed by atoms with Crippen LogP contribution in [0.3, 0.4) is 0 Å². The molecule has 1 aliphatic heterocycles. The SMILES string of the molecule is O=C(CC(=O)N1CCN(c2ccc(F)cc2)CC1)NCCc1ccc(F)cc1. The number of carbonyl (C=O) groups excluding carboxylic acids is 2. The molecule has 2 aromatic rings. The Hall–Kier alpha value is -2.96. The molecule has 0 unspecified atom stereocenters. The molecule has 0 radical (unpaired) electrons. The van der Waals surface area contributed by atoms with Crippen LogP contribution in [0.4, 0.5) is 14.5 Å². The first-order valence-electron chi connectivity index (χ1n) is 9.31. The summed E-state index contributed by atoms with van der Waals surface area (Å²) in [7, 11) is 0. The van der Waals surface area contributed by atoms with E-state index in [1.54, 1.807) is 29.2 Å². The Morgan fingerprint density at radius 2 is 1.43 bits per heavy atom. The van der Waals surface area contributed by atoms with Crippen LogP contribution in [-0.4, -0.2) is 49.4 Å². The van der Waals surface area contributed by atoms with Crippen molar-refractivity contribution in [3.8, 4) is 0 Å². The highest BCUT2D eigenvalue weighted by Gasteiger charge is 2.22. The highest BCUT2D eigenvalue weighted by molar-refractivity contribution is 5.97. The zero-order chi connectivity index (χ0) is 19.9. The van der Waals surface area contributed by atoms with E-state index in [1.165, 1.54) is 24.3 Å². The summed E-state index contributed by atoms with van der Waals surface area (Å²) >= 11 is 0. The lowest BCUT2D eigenvalue weighted by Crippen LogP contribution is -2.49. The number of amides is 2. The van der Waals surface area contributed by atoms with Gasteiger partial charge >= 0.3 is 0 Å². The number of carbonyl (C=O) groups is 2. The number of piperazine rings is 1. The van der Waals surface area contributed by atoms with Crippen LogP contribution in [0.15, 0.2) is 48.5 Å². The van der Waals surface area contributed by atoms with Gasteiger partial charge in [0.25, 0.3) is 0 Å². The molecule has 7 heteroatoms. The van der Waals surface area contributed by atoms with Crippen molar-refractivity contribution in [2.45, 2.75) is 12.8 Å². The predicted molar refractivity (Wildman–Crippen MR) is 103 cm³/mol. The number of nitrogens with zero attached hydrogens (tertiary/aromatic N) is 2. The van der Waals surface area contributed by atoms with Crippen LogP contribution in [0.1, 0.15) is 12.0 Å². The monoisotopic (exact) mass is 387 g/mol. The lowest BCUT2D eigenvalue weighted by atomic mass is 10.1. The van der Waals surface area contributed by atoms with Crippen LogP contribution >= 0.6 is 0 Å². The minimum atomic E-state index is -0.312. The van der Waals surface area contributed by atoms with E-state index in [2.05, 4.69) is 10.2 Å². The Balaban J connectivity index is 1.38. The van der Waals surface area contributed by atoms with E-state index in [4.69, 9.17) is 0 Å². The average molecular weight is 387 g/mol. The van der Waals surface area contributed by atoms with E-state index in [0.717, 1.165) is 11.3 Å². The molecule has 0 saturated carbocycles. The van der Waals surface area contributed by atoms with Crippen LogP contribution in [-0.2, 0) is 16.0 Å². The van der Waals surface area contributed by atoms with Gasteiger partial charge in [-0.25, -0.2) is 8.78 Å². The third kappa shape index (κ3) is 5.52. The number of nitrogens with one attached hydrogen (secondary N) is 1. The highest BCUT2D eigenvalue weighted by atomic mass is 19.1. The van der Waals surface area contributed by atoms with Gasteiger partial charge < -0.3 is 15.1 Å². The third-order valence-electron chi connectivity index (χ3n) is 4.79. The Morgan fingerprint density at radius 3 is 2.04 bits per heavy atom. The molecule has 1 aliphatic rings. The summed E-state index contributed by atoms with van der Waals surface area (Å²) in [6.07, 6.45) is 0.399. The maximum atomic E-state index is 13.0. The molecule has 148 valence electrons. The lowest BCUT2D eigenvalue weighted by Gasteiger charge is -2.36. The fourth-order valence-electron chi connectivity index (χ4n) is 3.17. The first kappa shape index (κ1) is 19.8. The minimum absolute atomic E-state index is 0.181. The molecule has 0 atom stereocenters. The van der Waals surface area contributed by atoms with Crippen molar-refractivity contribution in [2.24, 2.45) is 0 Å². The van der Waals surface area contributed by atoms with Crippen molar-refractivity contribution in [3.05, 3.63) is 65.7 Å². The maximum absolute atomic E-state index is 13.0. The molecule has 0 bridgehead atoms. The van der Waals surface area contributed by atoms with Crippen LogP contribution in [0.5, 0.6) is 0 Å². The number of hydrogen-bond acceptors (Lipinski definition) is 3. The van der Waals surface area contributed by atoms with Gasteiger partial charge in [-0.05, 0) is 48.4 Å². The van der Waals surface area contributed by atoms with Crippen molar-refractivity contribution < 1.29 is 18.4 Å². The van der Waals surface area contributed by atoms with E-state index in [1.807, 2.05) is 0 Å². The number of hydrogen-bond donors (Lipinski definition) is 1. The Morgan fingerprint density at radius 1 is 0.857 bits per heavy atom. The first-order chi connectivity index (χ1) is 13.5. The third-order valence-corrected chi connectivity index (χ3v) is 4.79. The molecule has 0 aromatic heterocycles. The van der Waals surface area contributed by atoms with Crippen molar-refractivity contribution in [2.75, 3.05) is 37.6 Å². The van der Waals surface area contributed by atoms with Gasteiger partial charge in [0.1, 0.15) is 18.1 Å². The van der Waals surface area contributed by atoms with Crippen LogP contribution in [0, 0.1) is 11.6 Å². The Bertz CT molecular complexity index is 801. The number of halogens is 2. The summed E-state index contributed by atoms with van der Waals surface area (Å²) in [5, 5.41) is 2.73. The highest BCUT2D eigenvalue weighted by Crippen LogP contribution is 2.17. The molecule has 5 nitrogen and oxygen atoms in total. The van der Waals surface area contributed by atoms with Gasteiger partial charge in [0.05, 0.1) is 0 Å². The van der Waals surface area contributed by atoms with Gasteiger partial charge in [0, 0.05) is 38.4 Å². The van der Waals surface area contributed by atoms with Crippen molar-refractivity contribution in [1.82, 2.24) is 10.2 Å². The molecule has 28 heavy (non-hydrogen) atoms. The molecule has 3 rings (SSSR count). The first-order valence-corrected chi connectivity index (χ1v) is 9.31. The van der Waals surface area contributed by atoms with E-state index >= 15 is 0 Å². The molecule has 2 amide bonds. The molecule has 1 saturated heterocycles. The normalized spacial score (nSPS) is 14.1. The van der Waals surface area contributed by atoms with Crippen molar-refractivity contribution in [3.63, 3.8) is 0 Å². The van der Waals surface area contributed by atoms with Gasteiger partial charge in [-0.15, -0.1) is 0 Å². The summed E-state index contributed by atoms with van der Waals surface area (Å²) < 4.78 is 25.9. The summed E-state index contributed by atoms with van der Waals surface area (Å²) in [6.45, 7) is 2.74. The van der Waals surface area contributed by atoms with Gasteiger partial charge in [-0.1, -0.05) is 12.1 Å². The molecule has 1 N–H and O–H groups in total. The van der Waals surface area contributed by atoms with E-state index in [9.17, 15) is 18.4 Å². The summed E-state index contributed by atoms with van der Waals surface area (Å²) in [6, 6.07) is 12.4. The molecule has 1 heterocycles. The zero-order valence-corrected chi connectivity index (χ0v) is 15.5. The van der Waals surface area contributed by atoms with Crippen LogP contribution < -0.4 is 10.2 Å². The second kappa shape index (κ2) is 9.30. The van der Waals surface area contributed by atoms with Gasteiger partial charge in [-0.2, -0.15) is 0 Å².